The summed E-state index contributed by atoms with van der Waals surface area (Å²) >= 11 is 0. The van der Waals surface area contributed by atoms with Gasteiger partial charge in [-0.1, -0.05) is 0 Å². The number of nitrogens with one attached hydrogen (secondary N) is 2. The first kappa shape index (κ1) is 14.2. The van der Waals surface area contributed by atoms with Crippen molar-refractivity contribution in [1.82, 2.24) is 10.6 Å². The molecular formula is C10H22N2O3. The normalized spacial score (nSPS) is 17.8. The zero-order chi connectivity index (χ0) is 10.6. The van der Waals surface area contributed by atoms with E-state index in [2.05, 4.69) is 10.6 Å². The molecule has 1 rings (SSSR count). The zero-order valence-corrected chi connectivity index (χ0v) is 9.72. The maximum Gasteiger partial charge on any atom is 0.407 e. The van der Waals surface area contributed by atoms with Gasteiger partial charge in [-0.3, -0.25) is 0 Å². The second kappa shape index (κ2) is 5.92. The molecule has 0 aromatic carbocycles. The van der Waals surface area contributed by atoms with Crippen molar-refractivity contribution in [2.75, 3.05) is 13.1 Å². The van der Waals surface area contributed by atoms with Crippen molar-refractivity contribution in [1.29, 1.82) is 0 Å². The Labute approximate surface area is 90.9 Å². The first-order chi connectivity index (χ1) is 6.47. The maximum absolute atomic E-state index is 11.4. The van der Waals surface area contributed by atoms with E-state index in [-0.39, 0.29) is 17.6 Å². The van der Waals surface area contributed by atoms with Gasteiger partial charge in [0.15, 0.2) is 0 Å². The fraction of sp³-hybridized carbons (Fsp3) is 0.900. The molecule has 0 spiro atoms. The Balaban J connectivity index is 0.00000196. The van der Waals surface area contributed by atoms with Crippen LogP contribution in [0.3, 0.4) is 0 Å². The second-order valence-corrected chi connectivity index (χ2v) is 4.67. The molecule has 15 heavy (non-hydrogen) atoms. The fourth-order valence-electron chi connectivity index (χ4n) is 1.44. The largest absolute Gasteiger partial charge is 0.444 e. The Kier molecular flexibility index (Phi) is 5.60. The number of ether oxygens (including phenoxy) is 1. The van der Waals surface area contributed by atoms with Crippen molar-refractivity contribution in [2.24, 2.45) is 0 Å². The molecule has 1 aliphatic rings. The van der Waals surface area contributed by atoms with Crippen LogP contribution in [-0.4, -0.2) is 36.3 Å². The van der Waals surface area contributed by atoms with E-state index >= 15 is 0 Å². The van der Waals surface area contributed by atoms with E-state index in [1.807, 2.05) is 20.8 Å². The number of carbonyl (C=O) groups is 1. The first-order valence-corrected chi connectivity index (χ1v) is 5.17. The molecule has 90 valence electrons. The van der Waals surface area contributed by atoms with Crippen LogP contribution in [0.15, 0.2) is 0 Å². The van der Waals surface area contributed by atoms with E-state index in [1.165, 1.54) is 0 Å². The quantitative estimate of drug-likeness (QED) is 0.670. The molecule has 4 N–H and O–H groups in total. The molecule has 5 heteroatoms. The summed E-state index contributed by atoms with van der Waals surface area (Å²) in [7, 11) is 0. The molecule has 0 atom stereocenters. The highest BCUT2D eigenvalue weighted by Crippen LogP contribution is 2.08. The van der Waals surface area contributed by atoms with Gasteiger partial charge in [-0.15, -0.1) is 0 Å². The van der Waals surface area contributed by atoms with Gasteiger partial charge in [-0.25, -0.2) is 4.79 Å². The smallest absolute Gasteiger partial charge is 0.407 e. The summed E-state index contributed by atoms with van der Waals surface area (Å²) in [6.45, 7) is 7.56. The van der Waals surface area contributed by atoms with Crippen LogP contribution in [0.4, 0.5) is 4.79 Å². The molecule has 1 saturated heterocycles. The monoisotopic (exact) mass is 218 g/mol. The summed E-state index contributed by atoms with van der Waals surface area (Å²) in [6.07, 6.45) is 1.67. The lowest BCUT2D eigenvalue weighted by Gasteiger charge is -2.26. The van der Waals surface area contributed by atoms with Gasteiger partial charge in [-0.2, -0.15) is 0 Å². The second-order valence-electron chi connectivity index (χ2n) is 4.67. The van der Waals surface area contributed by atoms with E-state index in [1.54, 1.807) is 0 Å². The van der Waals surface area contributed by atoms with E-state index in [0.29, 0.717) is 0 Å². The predicted molar refractivity (Wildman–Crippen MR) is 58.9 cm³/mol. The number of amides is 1. The molecule has 0 bridgehead atoms. The van der Waals surface area contributed by atoms with Crippen LogP contribution < -0.4 is 10.6 Å². The lowest BCUT2D eigenvalue weighted by Crippen LogP contribution is -2.44. The summed E-state index contributed by atoms with van der Waals surface area (Å²) in [6, 6.07) is 0.270. The lowest BCUT2D eigenvalue weighted by molar-refractivity contribution is 0.0495. The summed E-state index contributed by atoms with van der Waals surface area (Å²) in [5, 5.41) is 6.12. The van der Waals surface area contributed by atoms with Crippen molar-refractivity contribution in [3.63, 3.8) is 0 Å². The van der Waals surface area contributed by atoms with E-state index in [9.17, 15) is 4.79 Å². The minimum absolute atomic E-state index is 0. The third kappa shape index (κ3) is 6.30. The molecule has 0 saturated carbocycles. The molecule has 0 unspecified atom stereocenters. The minimum atomic E-state index is -0.406. The van der Waals surface area contributed by atoms with Gasteiger partial charge in [0.05, 0.1) is 0 Å². The van der Waals surface area contributed by atoms with E-state index < -0.39 is 5.60 Å². The third-order valence-corrected chi connectivity index (χ3v) is 2.06. The van der Waals surface area contributed by atoms with Crippen LogP contribution >= 0.6 is 0 Å². The Hall–Kier alpha value is -0.810. The molecule has 0 aliphatic carbocycles. The van der Waals surface area contributed by atoms with Gasteiger partial charge in [0.2, 0.25) is 0 Å². The zero-order valence-electron chi connectivity index (χ0n) is 9.72. The molecule has 0 radical (unpaired) electrons. The lowest BCUT2D eigenvalue weighted by atomic mass is 10.1. The standard InChI is InChI=1S/C10H20N2O2.H2O/c1-10(2,3)14-9(13)12-8-4-6-11-7-5-8;/h8,11H,4-7H2,1-3H3,(H,12,13);1H2. The van der Waals surface area contributed by atoms with E-state index in [0.717, 1.165) is 25.9 Å². The highest BCUT2D eigenvalue weighted by Gasteiger charge is 2.20. The van der Waals surface area contributed by atoms with Crippen molar-refractivity contribution in [2.45, 2.75) is 45.3 Å². The molecule has 5 nitrogen and oxygen atoms in total. The van der Waals surface area contributed by atoms with Crippen LogP contribution in [-0.2, 0) is 4.74 Å². The number of hydrogen-bond donors (Lipinski definition) is 2. The average molecular weight is 218 g/mol. The van der Waals surface area contributed by atoms with Gasteiger partial charge in [-0.05, 0) is 46.7 Å². The van der Waals surface area contributed by atoms with Gasteiger partial charge in [0.1, 0.15) is 5.60 Å². The molecule has 0 aromatic heterocycles. The van der Waals surface area contributed by atoms with Crippen LogP contribution in [0, 0.1) is 0 Å². The summed E-state index contributed by atoms with van der Waals surface area (Å²) in [4.78, 5) is 11.4. The van der Waals surface area contributed by atoms with Crippen molar-refractivity contribution >= 4 is 6.09 Å². The molecule has 1 aliphatic heterocycles. The maximum atomic E-state index is 11.4. The number of carbonyl (C=O) groups excluding carboxylic acids is 1. The highest BCUT2D eigenvalue weighted by atomic mass is 16.6. The van der Waals surface area contributed by atoms with Crippen LogP contribution in [0.25, 0.3) is 0 Å². The SMILES string of the molecule is CC(C)(C)OC(=O)NC1CCNCC1.O. The van der Waals surface area contributed by atoms with Crippen molar-refractivity contribution in [3.8, 4) is 0 Å². The number of rotatable bonds is 1. The van der Waals surface area contributed by atoms with Crippen molar-refractivity contribution in [3.05, 3.63) is 0 Å². The third-order valence-electron chi connectivity index (χ3n) is 2.06. The summed E-state index contributed by atoms with van der Waals surface area (Å²) < 4.78 is 5.17. The molecule has 0 aromatic rings. The van der Waals surface area contributed by atoms with Gasteiger partial charge < -0.3 is 20.8 Å². The van der Waals surface area contributed by atoms with Crippen LogP contribution in [0.2, 0.25) is 0 Å². The molecule has 1 amide bonds. The Bertz CT molecular complexity index is 195. The Morgan fingerprint density at radius 1 is 1.33 bits per heavy atom. The molecule has 1 heterocycles. The topological polar surface area (TPSA) is 81.9 Å². The number of alkyl carbamates (subject to hydrolysis) is 1. The Morgan fingerprint density at radius 2 is 1.87 bits per heavy atom. The fourth-order valence-corrected chi connectivity index (χ4v) is 1.44. The van der Waals surface area contributed by atoms with Crippen molar-refractivity contribution < 1.29 is 15.0 Å². The number of hydrogen-bond acceptors (Lipinski definition) is 3. The average Bonchev–Trinajstić information content (AvgIpc) is 2.02. The molecule has 1 fully saturated rings. The summed E-state index contributed by atoms with van der Waals surface area (Å²) in [5.74, 6) is 0. The van der Waals surface area contributed by atoms with Crippen LogP contribution in [0.5, 0.6) is 0 Å². The van der Waals surface area contributed by atoms with Gasteiger partial charge in [0.25, 0.3) is 0 Å². The minimum Gasteiger partial charge on any atom is -0.444 e. The molecular weight excluding hydrogens is 196 g/mol. The Morgan fingerprint density at radius 3 is 2.33 bits per heavy atom. The van der Waals surface area contributed by atoms with Gasteiger partial charge >= 0.3 is 6.09 Å². The van der Waals surface area contributed by atoms with E-state index in [4.69, 9.17) is 4.74 Å². The van der Waals surface area contributed by atoms with Crippen LogP contribution in [0.1, 0.15) is 33.6 Å². The predicted octanol–water partition coefficient (Wildman–Crippen LogP) is 0.438. The first-order valence-electron chi connectivity index (χ1n) is 5.17. The highest BCUT2D eigenvalue weighted by molar-refractivity contribution is 5.68. The number of piperidine rings is 1. The van der Waals surface area contributed by atoms with Gasteiger partial charge in [0, 0.05) is 6.04 Å². The summed E-state index contributed by atoms with van der Waals surface area (Å²) in [5.41, 5.74) is -0.406.